The van der Waals surface area contributed by atoms with E-state index in [1.54, 1.807) is 0 Å². The number of benzene rings is 1. The summed E-state index contributed by atoms with van der Waals surface area (Å²) in [4.78, 5) is 2.43. The van der Waals surface area contributed by atoms with Crippen molar-refractivity contribution in [2.45, 2.75) is 59.2 Å². The minimum Gasteiger partial charge on any atom is -0.493 e. The van der Waals surface area contributed by atoms with Crippen molar-refractivity contribution in [2.75, 3.05) is 26.3 Å². The van der Waals surface area contributed by atoms with Gasteiger partial charge in [0.2, 0.25) is 0 Å². The molecule has 0 radical (unpaired) electrons. The first-order valence-corrected chi connectivity index (χ1v) is 11.7. The Morgan fingerprint density at radius 2 is 2.06 bits per heavy atom. The second-order valence-electron chi connectivity index (χ2n) is 8.81. The van der Waals surface area contributed by atoms with Crippen molar-refractivity contribution in [3.05, 3.63) is 64.7 Å². The van der Waals surface area contributed by atoms with Crippen LogP contribution in [0.4, 0.5) is 0 Å². The molecule has 1 aliphatic heterocycles. The normalized spacial score (nSPS) is 17.2. The molecule has 172 valence electrons. The van der Waals surface area contributed by atoms with Gasteiger partial charge in [-0.05, 0) is 43.5 Å². The zero-order chi connectivity index (χ0) is 22.5. The monoisotopic (exact) mass is 437 g/mol. The Kier molecular flexibility index (Phi) is 7.27. The third-order valence-electron chi connectivity index (χ3n) is 6.22. The molecule has 1 aliphatic rings. The fourth-order valence-electron chi connectivity index (χ4n) is 4.13. The van der Waals surface area contributed by atoms with Gasteiger partial charge in [0.1, 0.15) is 11.9 Å². The first-order chi connectivity index (χ1) is 15.5. The lowest BCUT2D eigenvalue weighted by molar-refractivity contribution is -0.0350. The standard InChI is InChI=1S/C25H35N5O2/c1-5-30-19(4)21(15-26-30)16-29-11-13-32-25(17-29)24-14-22(27-28-24)10-12-31-23-8-6-20(7-9-23)18(2)3/h6-9,14-15,18,25H,5,10-13,16-17H2,1-4H3,(H,27,28)/t25-/m0/s1. The van der Waals surface area contributed by atoms with E-state index in [1.165, 1.54) is 16.8 Å². The van der Waals surface area contributed by atoms with E-state index in [0.29, 0.717) is 19.1 Å². The van der Waals surface area contributed by atoms with E-state index < -0.39 is 0 Å². The summed E-state index contributed by atoms with van der Waals surface area (Å²) >= 11 is 0. The molecule has 0 aliphatic carbocycles. The fourth-order valence-corrected chi connectivity index (χ4v) is 4.13. The zero-order valence-electron chi connectivity index (χ0n) is 19.7. The second-order valence-corrected chi connectivity index (χ2v) is 8.81. The Morgan fingerprint density at radius 3 is 2.78 bits per heavy atom. The number of morpholine rings is 1. The fraction of sp³-hybridized carbons (Fsp3) is 0.520. The van der Waals surface area contributed by atoms with Gasteiger partial charge >= 0.3 is 0 Å². The van der Waals surface area contributed by atoms with E-state index in [2.05, 4.69) is 66.1 Å². The molecule has 3 heterocycles. The molecule has 0 bridgehead atoms. The van der Waals surface area contributed by atoms with Crippen molar-refractivity contribution >= 4 is 0 Å². The third kappa shape index (κ3) is 5.40. The maximum atomic E-state index is 6.03. The van der Waals surface area contributed by atoms with E-state index in [-0.39, 0.29) is 6.10 Å². The van der Waals surface area contributed by atoms with Crippen LogP contribution in [-0.4, -0.2) is 51.2 Å². The van der Waals surface area contributed by atoms with Gasteiger partial charge in [-0.1, -0.05) is 26.0 Å². The van der Waals surface area contributed by atoms with Crippen molar-refractivity contribution in [3.63, 3.8) is 0 Å². The Labute approximate surface area is 190 Å². The average molecular weight is 438 g/mol. The molecular formula is C25H35N5O2. The quantitative estimate of drug-likeness (QED) is 0.542. The van der Waals surface area contributed by atoms with Crippen LogP contribution in [0.2, 0.25) is 0 Å². The van der Waals surface area contributed by atoms with Crippen molar-refractivity contribution in [1.29, 1.82) is 0 Å². The molecule has 1 N–H and O–H groups in total. The van der Waals surface area contributed by atoms with E-state index in [9.17, 15) is 0 Å². The summed E-state index contributed by atoms with van der Waals surface area (Å²) in [6.45, 7) is 13.5. The Morgan fingerprint density at radius 1 is 1.25 bits per heavy atom. The van der Waals surface area contributed by atoms with Gasteiger partial charge in [0.25, 0.3) is 0 Å². The second kappa shape index (κ2) is 10.3. The van der Waals surface area contributed by atoms with Crippen molar-refractivity contribution < 1.29 is 9.47 Å². The highest BCUT2D eigenvalue weighted by Crippen LogP contribution is 2.23. The van der Waals surface area contributed by atoms with Gasteiger partial charge in [0, 0.05) is 49.6 Å². The van der Waals surface area contributed by atoms with Crippen molar-refractivity contribution in [3.8, 4) is 5.75 Å². The maximum Gasteiger partial charge on any atom is 0.119 e. The number of hydrogen-bond acceptors (Lipinski definition) is 5. The number of nitrogens with zero attached hydrogens (tertiary/aromatic N) is 4. The predicted molar refractivity (Wildman–Crippen MR) is 125 cm³/mol. The van der Waals surface area contributed by atoms with Gasteiger partial charge in [0.05, 0.1) is 25.1 Å². The molecule has 0 spiro atoms. The van der Waals surface area contributed by atoms with Gasteiger partial charge in [-0.15, -0.1) is 0 Å². The van der Waals surface area contributed by atoms with Crippen molar-refractivity contribution in [1.82, 2.24) is 24.9 Å². The van der Waals surface area contributed by atoms with Gasteiger partial charge < -0.3 is 9.47 Å². The number of hydrogen-bond donors (Lipinski definition) is 1. The largest absolute Gasteiger partial charge is 0.493 e. The SMILES string of the molecule is CCn1ncc(CN2CCO[C@H](c3cc(CCOc4ccc(C(C)C)cc4)[nH]n3)C2)c1C. The molecule has 32 heavy (non-hydrogen) atoms. The van der Waals surface area contributed by atoms with Crippen LogP contribution < -0.4 is 4.74 Å². The number of aromatic nitrogens is 4. The average Bonchev–Trinajstić information content (AvgIpc) is 3.41. The van der Waals surface area contributed by atoms with Crippen molar-refractivity contribution in [2.24, 2.45) is 0 Å². The molecule has 4 rings (SSSR count). The van der Waals surface area contributed by atoms with Crippen LogP contribution in [0.1, 0.15) is 61.0 Å². The molecule has 1 aromatic carbocycles. The molecule has 1 saturated heterocycles. The minimum atomic E-state index is -0.0141. The molecule has 0 amide bonds. The topological polar surface area (TPSA) is 68.2 Å². The first kappa shape index (κ1) is 22.6. The van der Waals surface area contributed by atoms with Crippen LogP contribution in [-0.2, 0) is 24.2 Å². The molecule has 2 aromatic heterocycles. The number of aryl methyl sites for hydroxylation is 1. The lowest BCUT2D eigenvalue weighted by atomic mass is 10.0. The first-order valence-electron chi connectivity index (χ1n) is 11.7. The molecule has 7 heteroatoms. The van der Waals surface area contributed by atoms with E-state index >= 15 is 0 Å². The van der Waals surface area contributed by atoms with E-state index in [1.807, 2.05) is 23.0 Å². The highest BCUT2D eigenvalue weighted by atomic mass is 16.5. The summed E-state index contributed by atoms with van der Waals surface area (Å²) in [6, 6.07) is 10.5. The van der Waals surface area contributed by atoms with Crippen LogP contribution in [0.5, 0.6) is 5.75 Å². The predicted octanol–water partition coefficient (Wildman–Crippen LogP) is 4.25. The lowest BCUT2D eigenvalue weighted by Gasteiger charge is -2.32. The summed E-state index contributed by atoms with van der Waals surface area (Å²) in [6.07, 6.45) is 2.76. The van der Waals surface area contributed by atoms with E-state index in [0.717, 1.165) is 49.7 Å². The Balaban J connectivity index is 1.28. The Bertz CT molecular complexity index is 992. The summed E-state index contributed by atoms with van der Waals surface area (Å²) in [7, 11) is 0. The highest BCUT2D eigenvalue weighted by Gasteiger charge is 2.25. The van der Waals surface area contributed by atoms with Crippen LogP contribution in [0.15, 0.2) is 36.5 Å². The number of ether oxygens (including phenoxy) is 2. The van der Waals surface area contributed by atoms with Crippen LogP contribution in [0.25, 0.3) is 0 Å². The molecule has 1 fully saturated rings. The Hall–Kier alpha value is -2.64. The van der Waals surface area contributed by atoms with E-state index in [4.69, 9.17) is 9.47 Å². The third-order valence-corrected chi connectivity index (χ3v) is 6.22. The summed E-state index contributed by atoms with van der Waals surface area (Å²) in [5, 5.41) is 12.2. The lowest BCUT2D eigenvalue weighted by Crippen LogP contribution is -2.38. The van der Waals surface area contributed by atoms with Crippen LogP contribution >= 0.6 is 0 Å². The molecule has 7 nitrogen and oxygen atoms in total. The number of H-pyrrole nitrogens is 1. The molecule has 3 aromatic rings. The minimum absolute atomic E-state index is 0.0141. The van der Waals surface area contributed by atoms with Gasteiger partial charge in [0.15, 0.2) is 0 Å². The summed E-state index contributed by atoms with van der Waals surface area (Å²) in [5.41, 5.74) is 5.89. The van der Waals surface area contributed by atoms with Gasteiger partial charge in [-0.3, -0.25) is 14.7 Å². The summed E-state index contributed by atoms with van der Waals surface area (Å²) < 4.78 is 14.0. The molecule has 0 unspecified atom stereocenters. The molecule has 1 atom stereocenters. The zero-order valence-corrected chi connectivity index (χ0v) is 19.7. The number of rotatable bonds is 9. The smallest absolute Gasteiger partial charge is 0.119 e. The maximum absolute atomic E-state index is 6.03. The number of aromatic amines is 1. The van der Waals surface area contributed by atoms with Gasteiger partial charge in [-0.2, -0.15) is 10.2 Å². The van der Waals surface area contributed by atoms with Gasteiger partial charge in [-0.25, -0.2) is 0 Å². The molecular weight excluding hydrogens is 402 g/mol. The number of nitrogens with one attached hydrogen (secondary N) is 1. The summed E-state index contributed by atoms with van der Waals surface area (Å²) in [5.74, 6) is 1.44. The highest BCUT2D eigenvalue weighted by molar-refractivity contribution is 5.29. The molecule has 0 saturated carbocycles. The van der Waals surface area contributed by atoms with Crippen LogP contribution in [0.3, 0.4) is 0 Å². The van der Waals surface area contributed by atoms with Crippen LogP contribution in [0, 0.1) is 6.92 Å².